The minimum atomic E-state index is 1.11. The largest absolute Gasteiger partial charge is 0.310 e. The molecule has 0 spiro atoms. The smallest absolute Gasteiger partial charge is 0.0546 e. The van der Waals surface area contributed by atoms with E-state index in [9.17, 15) is 0 Å². The fourth-order valence-electron chi connectivity index (χ4n) is 7.81. The lowest BCUT2D eigenvalue weighted by molar-refractivity contribution is 1.29. The van der Waals surface area contributed by atoms with Crippen LogP contribution in [0.5, 0.6) is 0 Å². The van der Waals surface area contributed by atoms with Crippen LogP contribution in [-0.2, 0) is 0 Å². The van der Waals surface area contributed by atoms with Gasteiger partial charge in [-0.1, -0.05) is 121 Å². The fraction of sp³-hybridized carbons (Fsp3) is 0. The lowest BCUT2D eigenvalue weighted by Crippen LogP contribution is -2.10. The summed E-state index contributed by atoms with van der Waals surface area (Å²) in [6, 6.07) is 74.6. The molecule has 53 heavy (non-hydrogen) atoms. The van der Waals surface area contributed by atoms with Crippen LogP contribution >= 0.6 is 11.3 Å². The highest BCUT2D eigenvalue weighted by Gasteiger charge is 2.20. The molecule has 9 aromatic carbocycles. The van der Waals surface area contributed by atoms with Gasteiger partial charge in [0.05, 0.1) is 5.69 Å². The van der Waals surface area contributed by atoms with Gasteiger partial charge < -0.3 is 9.80 Å². The highest BCUT2D eigenvalue weighted by Crippen LogP contribution is 2.46. The summed E-state index contributed by atoms with van der Waals surface area (Å²) in [6.07, 6.45) is 0. The van der Waals surface area contributed by atoms with Crippen molar-refractivity contribution in [2.75, 3.05) is 9.80 Å². The third-order valence-corrected chi connectivity index (χ3v) is 11.4. The Morgan fingerprint density at radius 3 is 1.55 bits per heavy atom. The molecule has 0 atom stereocenters. The van der Waals surface area contributed by atoms with Gasteiger partial charge in [0.15, 0.2) is 0 Å². The van der Waals surface area contributed by atoms with E-state index in [2.05, 4.69) is 216 Å². The Bertz CT molecular complexity index is 2840. The number of hydrogen-bond acceptors (Lipinski definition) is 3. The molecule has 250 valence electrons. The minimum Gasteiger partial charge on any atom is -0.310 e. The zero-order valence-corrected chi connectivity index (χ0v) is 29.7. The van der Waals surface area contributed by atoms with Gasteiger partial charge >= 0.3 is 0 Å². The molecule has 1 aromatic heterocycles. The summed E-state index contributed by atoms with van der Waals surface area (Å²) in [7, 11) is 0. The van der Waals surface area contributed by atoms with E-state index >= 15 is 0 Å². The van der Waals surface area contributed by atoms with Crippen LogP contribution in [0.1, 0.15) is 0 Å². The van der Waals surface area contributed by atoms with Gasteiger partial charge in [0.1, 0.15) is 0 Å². The Morgan fingerprint density at radius 1 is 0.321 bits per heavy atom. The molecule has 0 saturated carbocycles. The average Bonchev–Trinajstić information content (AvgIpc) is 3.60. The van der Waals surface area contributed by atoms with E-state index in [-0.39, 0.29) is 0 Å². The number of fused-ring (bicyclic) bond motifs is 6. The Labute approximate surface area is 313 Å². The molecule has 0 bridgehead atoms. The Hall–Kier alpha value is -6.68. The van der Waals surface area contributed by atoms with Crippen LogP contribution in [-0.4, -0.2) is 0 Å². The maximum absolute atomic E-state index is 2.38. The molecule has 1 heterocycles. The standard InChI is InChI=1S/C50H34N2S/c1-4-16-37(17-5-1)51(41-31-32-49-46(34-41)43-23-12-13-26-48(43)53-49)40-29-27-35(28-30-40)45-33-36-15-10-11-22-42(36)50-44(45)24-14-25-47(50)52(38-18-6-2-7-19-38)39-20-8-3-9-21-39/h1-34H. The van der Waals surface area contributed by atoms with Crippen LogP contribution in [0.25, 0.3) is 52.8 Å². The van der Waals surface area contributed by atoms with Gasteiger partial charge in [0.2, 0.25) is 0 Å². The Balaban J connectivity index is 1.14. The van der Waals surface area contributed by atoms with E-state index in [4.69, 9.17) is 0 Å². The van der Waals surface area contributed by atoms with Crippen LogP contribution in [0.4, 0.5) is 34.1 Å². The maximum atomic E-state index is 2.38. The zero-order chi connectivity index (χ0) is 35.1. The number of benzene rings is 9. The molecule has 0 amide bonds. The number of hydrogen-bond donors (Lipinski definition) is 0. The normalized spacial score (nSPS) is 11.4. The van der Waals surface area contributed by atoms with E-state index in [0.29, 0.717) is 0 Å². The van der Waals surface area contributed by atoms with Gasteiger partial charge in [-0.15, -0.1) is 11.3 Å². The van der Waals surface area contributed by atoms with Crippen molar-refractivity contribution >= 4 is 87.2 Å². The second-order valence-corrected chi connectivity index (χ2v) is 14.4. The zero-order valence-electron chi connectivity index (χ0n) is 28.9. The molecular weight excluding hydrogens is 661 g/mol. The van der Waals surface area contributed by atoms with Crippen LogP contribution in [0, 0.1) is 0 Å². The number of rotatable bonds is 7. The molecule has 0 aliphatic rings. The van der Waals surface area contributed by atoms with Crippen molar-refractivity contribution in [1.29, 1.82) is 0 Å². The van der Waals surface area contributed by atoms with Gasteiger partial charge in [-0.05, 0) is 112 Å². The third-order valence-electron chi connectivity index (χ3n) is 10.2. The molecule has 0 N–H and O–H groups in total. The first-order valence-corrected chi connectivity index (χ1v) is 18.8. The maximum Gasteiger partial charge on any atom is 0.0546 e. The molecule has 0 aliphatic heterocycles. The summed E-state index contributed by atoms with van der Waals surface area (Å²) in [5.41, 5.74) is 9.18. The van der Waals surface area contributed by atoms with Crippen molar-refractivity contribution in [3.05, 3.63) is 206 Å². The first kappa shape index (κ1) is 31.1. The number of nitrogens with zero attached hydrogens (tertiary/aromatic N) is 2. The average molecular weight is 695 g/mol. The molecule has 2 nitrogen and oxygen atoms in total. The topological polar surface area (TPSA) is 6.48 Å². The molecule has 10 aromatic rings. The van der Waals surface area contributed by atoms with E-state index in [0.717, 1.165) is 34.1 Å². The van der Waals surface area contributed by atoms with E-state index < -0.39 is 0 Å². The predicted octanol–water partition coefficient (Wildman–Crippen LogP) is 15.0. The van der Waals surface area contributed by atoms with Crippen molar-refractivity contribution in [1.82, 2.24) is 0 Å². The van der Waals surface area contributed by atoms with Gasteiger partial charge in [-0.3, -0.25) is 0 Å². The van der Waals surface area contributed by atoms with Gasteiger partial charge in [0, 0.05) is 54.0 Å². The van der Waals surface area contributed by atoms with E-state index in [1.54, 1.807) is 0 Å². The van der Waals surface area contributed by atoms with Crippen LogP contribution in [0.3, 0.4) is 0 Å². The summed E-state index contributed by atoms with van der Waals surface area (Å²) >= 11 is 1.85. The summed E-state index contributed by atoms with van der Waals surface area (Å²) in [4.78, 5) is 4.75. The van der Waals surface area contributed by atoms with Crippen molar-refractivity contribution < 1.29 is 0 Å². The van der Waals surface area contributed by atoms with Gasteiger partial charge in [0.25, 0.3) is 0 Å². The highest BCUT2D eigenvalue weighted by atomic mass is 32.1. The molecule has 0 unspecified atom stereocenters. The summed E-state index contributed by atoms with van der Waals surface area (Å²) < 4.78 is 2.62. The molecule has 0 fully saturated rings. The molecule has 10 rings (SSSR count). The molecular formula is C50H34N2S. The fourth-order valence-corrected chi connectivity index (χ4v) is 8.89. The highest BCUT2D eigenvalue weighted by molar-refractivity contribution is 7.25. The second-order valence-electron chi connectivity index (χ2n) is 13.3. The van der Waals surface area contributed by atoms with Gasteiger partial charge in [-0.25, -0.2) is 0 Å². The third kappa shape index (κ3) is 5.50. The predicted molar refractivity (Wildman–Crippen MR) is 229 cm³/mol. The number of thiophene rings is 1. The molecule has 3 heteroatoms. The second kappa shape index (κ2) is 13.1. The van der Waals surface area contributed by atoms with Gasteiger partial charge in [-0.2, -0.15) is 0 Å². The number of para-hydroxylation sites is 3. The van der Waals surface area contributed by atoms with Crippen LogP contribution < -0.4 is 9.80 Å². The summed E-state index contributed by atoms with van der Waals surface area (Å²) in [6.45, 7) is 0. The monoisotopic (exact) mass is 694 g/mol. The summed E-state index contributed by atoms with van der Waals surface area (Å²) in [5.74, 6) is 0. The molecule has 0 radical (unpaired) electrons. The lowest BCUT2D eigenvalue weighted by atomic mass is 9.91. The Morgan fingerprint density at radius 2 is 0.849 bits per heavy atom. The quantitative estimate of drug-likeness (QED) is 0.153. The minimum absolute atomic E-state index is 1.11. The first-order valence-electron chi connectivity index (χ1n) is 18.0. The van der Waals surface area contributed by atoms with Crippen LogP contribution in [0.15, 0.2) is 206 Å². The molecule has 0 saturated heterocycles. The lowest BCUT2D eigenvalue weighted by Gasteiger charge is -2.28. The van der Waals surface area contributed by atoms with Crippen LogP contribution in [0.2, 0.25) is 0 Å². The van der Waals surface area contributed by atoms with Crippen molar-refractivity contribution in [2.45, 2.75) is 0 Å². The van der Waals surface area contributed by atoms with E-state index in [1.807, 2.05) is 11.3 Å². The Kier molecular flexibility index (Phi) is 7.71. The van der Waals surface area contributed by atoms with Crippen molar-refractivity contribution in [3.8, 4) is 11.1 Å². The molecule has 0 aliphatic carbocycles. The van der Waals surface area contributed by atoms with Crippen molar-refractivity contribution in [2.24, 2.45) is 0 Å². The number of anilines is 6. The van der Waals surface area contributed by atoms with Crippen molar-refractivity contribution in [3.63, 3.8) is 0 Å². The van der Waals surface area contributed by atoms with E-state index in [1.165, 1.54) is 52.8 Å². The SMILES string of the molecule is c1ccc(N(c2ccc(-c3cc4ccccc4c4c(N(c5ccccc5)c5ccccc5)cccc34)cc2)c2ccc3sc4ccccc4c3c2)cc1. The first-order chi connectivity index (χ1) is 26.3. The summed E-state index contributed by atoms with van der Waals surface area (Å²) in [5, 5.41) is 7.51.